The van der Waals surface area contributed by atoms with Crippen molar-refractivity contribution in [1.29, 1.82) is 0 Å². The maximum absolute atomic E-state index is 10.8. The zero-order valence-electron chi connectivity index (χ0n) is 10.6. The molecule has 3 heteroatoms. The van der Waals surface area contributed by atoms with E-state index in [-0.39, 0.29) is 12.4 Å². The second-order valence-corrected chi connectivity index (χ2v) is 5.55. The molecule has 1 heterocycles. The minimum absolute atomic E-state index is 0. The highest BCUT2D eigenvalue weighted by Gasteiger charge is 2.45. The third kappa shape index (κ3) is 2.42. The third-order valence-corrected chi connectivity index (χ3v) is 4.55. The van der Waals surface area contributed by atoms with Crippen LogP contribution in [0.2, 0.25) is 0 Å². The van der Waals surface area contributed by atoms with Crippen molar-refractivity contribution < 1.29 is 5.11 Å². The SMILES string of the molecule is Cl.OC12CCCCC1C(c1ccccc1)NCC2. The second kappa shape index (κ2) is 5.60. The van der Waals surface area contributed by atoms with Gasteiger partial charge in [-0.15, -0.1) is 12.4 Å². The van der Waals surface area contributed by atoms with E-state index in [1.165, 1.54) is 18.4 Å². The lowest BCUT2D eigenvalue weighted by molar-refractivity contribution is -0.0861. The lowest BCUT2D eigenvalue weighted by Crippen LogP contribution is -2.53. The fraction of sp³-hybridized carbons (Fsp3) is 0.600. The van der Waals surface area contributed by atoms with Crippen molar-refractivity contribution in [3.8, 4) is 0 Å². The Kier molecular flexibility index (Phi) is 4.31. The molecular formula is C15H22ClNO. The van der Waals surface area contributed by atoms with E-state index in [0.29, 0.717) is 12.0 Å². The summed E-state index contributed by atoms with van der Waals surface area (Å²) in [5.41, 5.74) is 0.918. The molecule has 1 aromatic rings. The summed E-state index contributed by atoms with van der Waals surface area (Å²) in [5.74, 6) is 0.396. The minimum atomic E-state index is -0.413. The molecule has 2 fully saturated rings. The van der Waals surface area contributed by atoms with Gasteiger partial charge in [-0.3, -0.25) is 0 Å². The second-order valence-electron chi connectivity index (χ2n) is 5.55. The average Bonchev–Trinajstić information content (AvgIpc) is 2.38. The highest BCUT2D eigenvalue weighted by atomic mass is 35.5. The van der Waals surface area contributed by atoms with E-state index in [0.717, 1.165) is 25.8 Å². The molecule has 0 spiro atoms. The molecule has 0 amide bonds. The number of nitrogens with one attached hydrogen (secondary N) is 1. The topological polar surface area (TPSA) is 32.3 Å². The first-order valence-corrected chi connectivity index (χ1v) is 6.80. The molecule has 2 nitrogen and oxygen atoms in total. The highest BCUT2D eigenvalue weighted by Crippen LogP contribution is 2.45. The number of hydrogen-bond donors (Lipinski definition) is 2. The van der Waals surface area contributed by atoms with Gasteiger partial charge in [-0.1, -0.05) is 43.2 Å². The van der Waals surface area contributed by atoms with Crippen LogP contribution < -0.4 is 5.32 Å². The fourth-order valence-electron chi connectivity index (χ4n) is 3.63. The number of hydrogen-bond acceptors (Lipinski definition) is 2. The van der Waals surface area contributed by atoms with Gasteiger partial charge < -0.3 is 10.4 Å². The molecule has 1 saturated carbocycles. The zero-order chi connectivity index (χ0) is 11.7. The number of benzene rings is 1. The van der Waals surface area contributed by atoms with Crippen LogP contribution in [0, 0.1) is 5.92 Å². The van der Waals surface area contributed by atoms with E-state index in [4.69, 9.17) is 0 Å². The summed E-state index contributed by atoms with van der Waals surface area (Å²) in [4.78, 5) is 0. The number of piperidine rings is 1. The van der Waals surface area contributed by atoms with Crippen molar-refractivity contribution >= 4 is 12.4 Å². The zero-order valence-corrected chi connectivity index (χ0v) is 11.5. The lowest BCUT2D eigenvalue weighted by Gasteiger charge is -2.48. The molecule has 3 atom stereocenters. The summed E-state index contributed by atoms with van der Waals surface area (Å²) in [7, 11) is 0. The van der Waals surface area contributed by atoms with Crippen LogP contribution >= 0.6 is 12.4 Å². The van der Waals surface area contributed by atoms with E-state index < -0.39 is 5.60 Å². The van der Waals surface area contributed by atoms with Crippen molar-refractivity contribution in [1.82, 2.24) is 5.32 Å². The molecule has 1 saturated heterocycles. The van der Waals surface area contributed by atoms with Crippen LogP contribution in [-0.4, -0.2) is 17.3 Å². The minimum Gasteiger partial charge on any atom is -0.389 e. The summed E-state index contributed by atoms with van der Waals surface area (Å²) < 4.78 is 0. The van der Waals surface area contributed by atoms with Gasteiger partial charge in [-0.25, -0.2) is 0 Å². The average molecular weight is 268 g/mol. The Morgan fingerprint density at radius 3 is 2.67 bits per heavy atom. The molecule has 1 aliphatic carbocycles. The Bertz CT molecular complexity index is 379. The number of halogens is 1. The molecule has 0 bridgehead atoms. The van der Waals surface area contributed by atoms with Crippen LogP contribution in [0.3, 0.4) is 0 Å². The molecule has 100 valence electrons. The van der Waals surface area contributed by atoms with Crippen LogP contribution in [0.4, 0.5) is 0 Å². The van der Waals surface area contributed by atoms with E-state index in [9.17, 15) is 5.11 Å². The van der Waals surface area contributed by atoms with Gasteiger partial charge in [0.15, 0.2) is 0 Å². The Hall–Kier alpha value is -0.570. The van der Waals surface area contributed by atoms with Crippen molar-refractivity contribution in [2.45, 2.75) is 43.7 Å². The number of aliphatic hydroxyl groups is 1. The van der Waals surface area contributed by atoms with E-state index in [1.807, 2.05) is 0 Å². The van der Waals surface area contributed by atoms with Gasteiger partial charge in [0.2, 0.25) is 0 Å². The Balaban J connectivity index is 0.00000120. The van der Waals surface area contributed by atoms with Gasteiger partial charge in [0, 0.05) is 12.0 Å². The smallest absolute Gasteiger partial charge is 0.0706 e. The first-order chi connectivity index (χ1) is 8.30. The quantitative estimate of drug-likeness (QED) is 0.820. The van der Waals surface area contributed by atoms with Crippen LogP contribution in [0.5, 0.6) is 0 Å². The monoisotopic (exact) mass is 267 g/mol. The summed E-state index contributed by atoms with van der Waals surface area (Å²) in [5, 5.41) is 14.4. The normalized spacial score (nSPS) is 35.4. The van der Waals surface area contributed by atoms with Crippen LogP contribution in [0.1, 0.15) is 43.7 Å². The highest BCUT2D eigenvalue weighted by molar-refractivity contribution is 5.85. The van der Waals surface area contributed by atoms with Crippen molar-refractivity contribution in [3.05, 3.63) is 35.9 Å². The van der Waals surface area contributed by atoms with Crippen LogP contribution in [0.15, 0.2) is 30.3 Å². The summed E-state index contributed by atoms with van der Waals surface area (Å²) in [6, 6.07) is 10.9. The molecule has 3 unspecified atom stereocenters. The van der Waals surface area contributed by atoms with Gasteiger partial charge in [0.1, 0.15) is 0 Å². The lowest BCUT2D eigenvalue weighted by atomic mass is 9.67. The Labute approximate surface area is 115 Å². The van der Waals surface area contributed by atoms with Gasteiger partial charge >= 0.3 is 0 Å². The molecule has 0 aromatic heterocycles. The molecule has 1 aliphatic heterocycles. The molecule has 18 heavy (non-hydrogen) atoms. The number of fused-ring (bicyclic) bond motifs is 1. The van der Waals surface area contributed by atoms with Crippen molar-refractivity contribution in [2.24, 2.45) is 5.92 Å². The summed E-state index contributed by atoms with van der Waals surface area (Å²) in [6.45, 7) is 0.937. The molecule has 2 aliphatic rings. The van der Waals surface area contributed by atoms with Crippen LogP contribution in [0.25, 0.3) is 0 Å². The molecular weight excluding hydrogens is 246 g/mol. The van der Waals surface area contributed by atoms with Gasteiger partial charge in [-0.05, 0) is 31.4 Å². The predicted octanol–water partition coefficient (Wildman–Crippen LogP) is 3.06. The standard InChI is InChI=1S/C15H21NO.ClH/c17-15-9-5-4-8-13(15)14(16-11-10-15)12-6-2-1-3-7-12;/h1-3,6-7,13-14,16-17H,4-5,8-11H2;1H. The largest absolute Gasteiger partial charge is 0.389 e. The molecule has 3 rings (SSSR count). The van der Waals surface area contributed by atoms with Gasteiger partial charge in [0.25, 0.3) is 0 Å². The fourth-order valence-corrected chi connectivity index (χ4v) is 3.63. The van der Waals surface area contributed by atoms with Crippen molar-refractivity contribution in [2.75, 3.05) is 6.54 Å². The van der Waals surface area contributed by atoms with E-state index in [2.05, 4.69) is 35.6 Å². The van der Waals surface area contributed by atoms with Crippen molar-refractivity contribution in [3.63, 3.8) is 0 Å². The first kappa shape index (κ1) is 13.9. The number of rotatable bonds is 1. The maximum Gasteiger partial charge on any atom is 0.0706 e. The predicted molar refractivity (Wildman–Crippen MR) is 76.0 cm³/mol. The molecule has 2 N–H and O–H groups in total. The van der Waals surface area contributed by atoms with E-state index in [1.54, 1.807) is 0 Å². The van der Waals surface area contributed by atoms with Crippen LogP contribution in [-0.2, 0) is 0 Å². The summed E-state index contributed by atoms with van der Waals surface area (Å²) >= 11 is 0. The summed E-state index contributed by atoms with van der Waals surface area (Å²) in [6.07, 6.45) is 5.51. The van der Waals surface area contributed by atoms with Gasteiger partial charge in [0.05, 0.1) is 5.60 Å². The Morgan fingerprint density at radius 1 is 1.11 bits per heavy atom. The van der Waals surface area contributed by atoms with Gasteiger partial charge in [-0.2, -0.15) is 0 Å². The molecule has 1 aromatic carbocycles. The Morgan fingerprint density at radius 2 is 1.89 bits per heavy atom. The van der Waals surface area contributed by atoms with E-state index >= 15 is 0 Å². The molecule has 0 radical (unpaired) electrons. The maximum atomic E-state index is 10.8. The third-order valence-electron chi connectivity index (χ3n) is 4.55. The first-order valence-electron chi connectivity index (χ1n) is 6.80.